The van der Waals surface area contributed by atoms with E-state index in [1.165, 1.54) is 11.0 Å². The molecule has 27 heavy (non-hydrogen) atoms. The van der Waals surface area contributed by atoms with Crippen molar-refractivity contribution in [3.63, 3.8) is 0 Å². The Bertz CT molecular complexity index is 835. The largest absolute Gasteiger partial charge is 0.370 e. The van der Waals surface area contributed by atoms with Crippen LogP contribution >= 0.6 is 0 Å². The monoisotopic (exact) mass is 371 g/mol. The quantitative estimate of drug-likeness (QED) is 0.860. The first-order chi connectivity index (χ1) is 13.0. The van der Waals surface area contributed by atoms with Crippen molar-refractivity contribution in [2.75, 3.05) is 31.1 Å². The Labute approximate surface area is 156 Å². The van der Waals surface area contributed by atoms with Crippen LogP contribution in [-0.4, -0.2) is 55.2 Å². The Balaban J connectivity index is 1.30. The summed E-state index contributed by atoms with van der Waals surface area (Å²) in [6.45, 7) is 1.48. The number of nitriles is 2. The number of carbonyl (C=O) groups excluding carboxylic acids is 1. The zero-order valence-electron chi connectivity index (χ0n) is 14.6. The van der Waals surface area contributed by atoms with Gasteiger partial charge in [0, 0.05) is 25.6 Å². The average molecular weight is 371 g/mol. The van der Waals surface area contributed by atoms with Gasteiger partial charge in [-0.15, -0.1) is 0 Å². The first-order valence-electron chi connectivity index (χ1n) is 9.03. The van der Waals surface area contributed by atoms with Gasteiger partial charge in [-0.25, -0.2) is 8.78 Å². The number of benzene rings is 1. The smallest absolute Gasteiger partial charge is 0.237 e. The Morgan fingerprint density at radius 1 is 1.26 bits per heavy atom. The lowest BCUT2D eigenvalue weighted by Crippen LogP contribution is -2.43. The minimum absolute atomic E-state index is 0.0133. The molecule has 2 aliphatic heterocycles. The minimum Gasteiger partial charge on any atom is -0.370 e. The van der Waals surface area contributed by atoms with Crippen LogP contribution in [0.25, 0.3) is 0 Å². The van der Waals surface area contributed by atoms with Crippen LogP contribution in [0, 0.1) is 40.3 Å². The molecule has 0 bridgehead atoms. The highest BCUT2D eigenvalue weighted by molar-refractivity contribution is 5.79. The standard InChI is InChI=1S/C19H19F2N5O/c20-11-4-12(5-22)26(8-11)18(27)7-24-19-14-9-25(10-15(14)19)17-3-1-2-16(21)13(17)6-23/h1-3,11-12,14-15,19,24H,4,7-10H2/t11-,12-,14?,15?,19?/m0/s1. The van der Waals surface area contributed by atoms with Crippen LogP contribution in [0.15, 0.2) is 18.2 Å². The molecule has 1 N–H and O–H groups in total. The fourth-order valence-corrected chi connectivity index (χ4v) is 4.40. The predicted molar refractivity (Wildman–Crippen MR) is 92.7 cm³/mol. The van der Waals surface area contributed by atoms with Gasteiger partial charge in [0.1, 0.15) is 29.7 Å². The van der Waals surface area contributed by atoms with E-state index in [2.05, 4.69) is 5.32 Å². The molecule has 2 heterocycles. The van der Waals surface area contributed by atoms with Crippen molar-refractivity contribution in [1.29, 1.82) is 10.5 Å². The Morgan fingerprint density at radius 3 is 2.67 bits per heavy atom. The first-order valence-corrected chi connectivity index (χ1v) is 9.03. The number of anilines is 1. The van der Waals surface area contributed by atoms with E-state index < -0.39 is 18.0 Å². The second-order valence-corrected chi connectivity index (χ2v) is 7.41. The van der Waals surface area contributed by atoms with Gasteiger partial charge in [-0.1, -0.05) is 6.07 Å². The molecule has 0 radical (unpaired) electrons. The molecular formula is C19H19F2N5O. The molecule has 140 valence electrons. The van der Waals surface area contributed by atoms with E-state index in [0.29, 0.717) is 30.6 Å². The van der Waals surface area contributed by atoms with E-state index in [0.717, 1.165) is 0 Å². The van der Waals surface area contributed by atoms with Crippen molar-refractivity contribution in [1.82, 2.24) is 10.2 Å². The molecule has 6 nitrogen and oxygen atoms in total. The predicted octanol–water partition coefficient (Wildman–Crippen LogP) is 1.18. The summed E-state index contributed by atoms with van der Waals surface area (Å²) in [6.07, 6.45) is -1.05. The summed E-state index contributed by atoms with van der Waals surface area (Å²) in [5.41, 5.74) is 0.679. The van der Waals surface area contributed by atoms with Gasteiger partial charge >= 0.3 is 0 Å². The number of rotatable bonds is 4. The summed E-state index contributed by atoms with van der Waals surface area (Å²) in [5, 5.41) is 21.4. The molecule has 2 unspecified atom stereocenters. The summed E-state index contributed by atoms with van der Waals surface area (Å²) in [6, 6.07) is 8.05. The third-order valence-electron chi connectivity index (χ3n) is 5.85. The lowest BCUT2D eigenvalue weighted by Gasteiger charge is -2.24. The van der Waals surface area contributed by atoms with Gasteiger partial charge in [-0.2, -0.15) is 10.5 Å². The van der Waals surface area contributed by atoms with E-state index in [9.17, 15) is 18.8 Å². The molecule has 1 aromatic carbocycles. The van der Waals surface area contributed by atoms with E-state index in [1.54, 1.807) is 12.1 Å². The summed E-state index contributed by atoms with van der Waals surface area (Å²) in [4.78, 5) is 15.6. The molecule has 2 saturated heterocycles. The van der Waals surface area contributed by atoms with Crippen molar-refractivity contribution in [3.8, 4) is 12.1 Å². The Kier molecular flexibility index (Phi) is 4.45. The number of carbonyl (C=O) groups is 1. The number of fused-ring (bicyclic) bond motifs is 1. The van der Waals surface area contributed by atoms with Gasteiger partial charge in [0.15, 0.2) is 0 Å². The second kappa shape index (κ2) is 6.79. The maximum atomic E-state index is 13.8. The highest BCUT2D eigenvalue weighted by Crippen LogP contribution is 2.47. The average Bonchev–Trinajstić information content (AvgIpc) is 2.99. The van der Waals surface area contributed by atoms with Gasteiger partial charge in [0.25, 0.3) is 0 Å². The highest BCUT2D eigenvalue weighted by Gasteiger charge is 2.56. The molecule has 1 saturated carbocycles. The number of halogens is 2. The maximum absolute atomic E-state index is 13.8. The summed E-state index contributed by atoms with van der Waals surface area (Å²) in [7, 11) is 0. The molecule has 4 rings (SSSR count). The first kappa shape index (κ1) is 17.7. The third-order valence-corrected chi connectivity index (χ3v) is 5.85. The van der Waals surface area contributed by atoms with Crippen LogP contribution in [0.1, 0.15) is 12.0 Å². The van der Waals surface area contributed by atoms with Gasteiger partial charge in [0.2, 0.25) is 5.91 Å². The third kappa shape index (κ3) is 3.11. The summed E-state index contributed by atoms with van der Waals surface area (Å²) in [5.74, 6) is -0.0844. The number of nitrogens with zero attached hydrogens (tertiary/aromatic N) is 4. The van der Waals surface area contributed by atoms with Crippen molar-refractivity contribution in [2.24, 2.45) is 11.8 Å². The molecule has 3 fully saturated rings. The fraction of sp³-hybridized carbons (Fsp3) is 0.526. The van der Waals surface area contributed by atoms with Crippen LogP contribution in [0.2, 0.25) is 0 Å². The fourth-order valence-electron chi connectivity index (χ4n) is 4.40. The molecule has 3 aliphatic rings. The Morgan fingerprint density at radius 2 is 2.00 bits per heavy atom. The molecule has 8 heteroatoms. The number of nitrogens with one attached hydrogen (secondary N) is 1. The number of amides is 1. The molecule has 1 aromatic rings. The number of piperidine rings is 1. The SMILES string of the molecule is N#Cc1c(F)cccc1N1CC2C(C1)C2NCC(=O)N1C[C@@H](F)C[C@H]1C#N. The molecular weight excluding hydrogens is 352 g/mol. The molecule has 4 atom stereocenters. The van der Waals surface area contributed by atoms with E-state index >= 15 is 0 Å². The van der Waals surface area contributed by atoms with Crippen molar-refractivity contribution in [2.45, 2.75) is 24.7 Å². The summed E-state index contributed by atoms with van der Waals surface area (Å²) >= 11 is 0. The van der Waals surface area contributed by atoms with Gasteiger partial charge in [0.05, 0.1) is 24.8 Å². The van der Waals surface area contributed by atoms with E-state index in [-0.39, 0.29) is 37.0 Å². The van der Waals surface area contributed by atoms with Crippen molar-refractivity contribution < 1.29 is 13.6 Å². The number of hydrogen-bond donors (Lipinski definition) is 1. The number of alkyl halides is 1. The van der Waals surface area contributed by atoms with E-state index in [4.69, 9.17) is 5.26 Å². The Hall–Kier alpha value is -2.71. The zero-order valence-corrected chi connectivity index (χ0v) is 14.6. The van der Waals surface area contributed by atoms with E-state index in [1.807, 2.05) is 17.0 Å². The maximum Gasteiger partial charge on any atom is 0.237 e. The van der Waals surface area contributed by atoms with Crippen molar-refractivity contribution >= 4 is 11.6 Å². The van der Waals surface area contributed by atoms with Crippen LogP contribution in [0.5, 0.6) is 0 Å². The summed E-state index contributed by atoms with van der Waals surface area (Å²) < 4.78 is 27.2. The van der Waals surface area contributed by atoms with Crippen LogP contribution < -0.4 is 10.2 Å². The van der Waals surface area contributed by atoms with Crippen LogP contribution in [0.4, 0.5) is 14.5 Å². The minimum atomic E-state index is -1.13. The zero-order chi connectivity index (χ0) is 19.1. The van der Waals surface area contributed by atoms with Crippen LogP contribution in [0.3, 0.4) is 0 Å². The van der Waals surface area contributed by atoms with Crippen molar-refractivity contribution in [3.05, 3.63) is 29.6 Å². The molecule has 1 amide bonds. The lowest BCUT2D eigenvalue weighted by atomic mass is 10.1. The molecule has 0 spiro atoms. The van der Waals surface area contributed by atoms with Gasteiger partial charge in [-0.3, -0.25) is 4.79 Å². The van der Waals surface area contributed by atoms with Gasteiger partial charge in [-0.05, 0) is 24.0 Å². The molecule has 1 aliphatic carbocycles. The second-order valence-electron chi connectivity index (χ2n) is 7.41. The van der Waals surface area contributed by atoms with Crippen LogP contribution in [-0.2, 0) is 4.79 Å². The lowest BCUT2D eigenvalue weighted by molar-refractivity contribution is -0.130. The highest BCUT2D eigenvalue weighted by atomic mass is 19.1. The number of hydrogen-bond acceptors (Lipinski definition) is 5. The number of likely N-dealkylation sites (tertiary alicyclic amines) is 1. The molecule has 0 aromatic heterocycles. The van der Waals surface area contributed by atoms with Gasteiger partial charge < -0.3 is 15.1 Å². The topological polar surface area (TPSA) is 83.2 Å². The normalized spacial score (nSPS) is 31.3.